The molecule has 0 atom stereocenters. The Balaban J connectivity index is 1.86. The number of aromatic nitrogens is 1. The summed E-state index contributed by atoms with van der Waals surface area (Å²) in [4.78, 5) is 9.17. The first-order valence-electron chi connectivity index (χ1n) is 7.24. The molecule has 1 fully saturated rings. The molecule has 0 N–H and O–H groups in total. The third-order valence-corrected chi connectivity index (χ3v) is 3.95. The Labute approximate surface area is 120 Å². The lowest BCUT2D eigenvalue weighted by atomic mass is 10.1. The van der Waals surface area contributed by atoms with Crippen LogP contribution < -0.4 is 4.90 Å². The summed E-state index contributed by atoms with van der Waals surface area (Å²) in [6.45, 7) is 6.50. The maximum atomic E-state index is 5.44. The molecule has 0 spiro atoms. The zero-order valence-corrected chi connectivity index (χ0v) is 12.2. The summed E-state index contributed by atoms with van der Waals surface area (Å²) < 4.78 is 5.44. The van der Waals surface area contributed by atoms with Crippen molar-refractivity contribution in [3.8, 4) is 11.3 Å². The van der Waals surface area contributed by atoms with Gasteiger partial charge < -0.3 is 14.2 Å². The molecule has 3 rings (SSSR count). The van der Waals surface area contributed by atoms with Gasteiger partial charge in [-0.25, -0.2) is 4.98 Å². The fourth-order valence-electron chi connectivity index (χ4n) is 2.67. The van der Waals surface area contributed by atoms with Crippen molar-refractivity contribution in [3.05, 3.63) is 36.4 Å². The van der Waals surface area contributed by atoms with Gasteiger partial charge in [0.05, 0.1) is 0 Å². The molecule has 2 heterocycles. The van der Waals surface area contributed by atoms with Gasteiger partial charge in [0.25, 0.3) is 0 Å². The van der Waals surface area contributed by atoms with Crippen LogP contribution in [-0.4, -0.2) is 43.1 Å². The maximum Gasteiger partial charge on any atom is 0.181 e. The lowest BCUT2D eigenvalue weighted by Gasteiger charge is -2.34. The Bertz CT molecular complexity index is 571. The van der Waals surface area contributed by atoms with Crippen LogP contribution in [0.15, 0.2) is 35.1 Å². The minimum Gasteiger partial charge on any atom is -0.448 e. The largest absolute Gasteiger partial charge is 0.448 e. The first kappa shape index (κ1) is 13.2. The van der Waals surface area contributed by atoms with Crippen molar-refractivity contribution in [1.29, 1.82) is 0 Å². The number of hydrogen-bond acceptors (Lipinski definition) is 4. The van der Waals surface area contributed by atoms with Crippen molar-refractivity contribution < 1.29 is 4.42 Å². The van der Waals surface area contributed by atoms with Crippen LogP contribution in [0.1, 0.15) is 12.7 Å². The molecule has 4 heteroatoms. The number of oxazole rings is 1. The molecule has 1 saturated heterocycles. The number of anilines is 1. The molecular weight excluding hydrogens is 250 g/mol. The zero-order valence-electron chi connectivity index (χ0n) is 12.2. The van der Waals surface area contributed by atoms with E-state index >= 15 is 0 Å². The van der Waals surface area contributed by atoms with Crippen LogP contribution in [0, 0.1) is 0 Å². The van der Waals surface area contributed by atoms with Gasteiger partial charge in [0.15, 0.2) is 6.39 Å². The Morgan fingerprint density at radius 1 is 1.20 bits per heavy atom. The summed E-state index contributed by atoms with van der Waals surface area (Å²) in [6, 6.07) is 8.62. The van der Waals surface area contributed by atoms with E-state index in [1.807, 2.05) is 0 Å². The quantitative estimate of drug-likeness (QED) is 0.859. The maximum absolute atomic E-state index is 5.44. The van der Waals surface area contributed by atoms with Gasteiger partial charge >= 0.3 is 0 Å². The molecule has 20 heavy (non-hydrogen) atoms. The second-order valence-corrected chi connectivity index (χ2v) is 5.32. The number of piperazine rings is 1. The number of aryl methyl sites for hydroxylation is 1. The summed E-state index contributed by atoms with van der Waals surface area (Å²) in [6.07, 6.45) is 2.41. The monoisotopic (exact) mass is 271 g/mol. The zero-order chi connectivity index (χ0) is 13.9. The molecule has 1 aliphatic heterocycles. The van der Waals surface area contributed by atoms with Gasteiger partial charge in [-0.2, -0.15) is 0 Å². The number of hydrogen-bond donors (Lipinski definition) is 0. The van der Waals surface area contributed by atoms with Crippen molar-refractivity contribution in [1.82, 2.24) is 9.88 Å². The van der Waals surface area contributed by atoms with E-state index in [2.05, 4.69) is 53.0 Å². The second-order valence-electron chi connectivity index (χ2n) is 5.32. The summed E-state index contributed by atoms with van der Waals surface area (Å²) >= 11 is 0. The molecule has 1 aliphatic rings. The van der Waals surface area contributed by atoms with Gasteiger partial charge in [-0.3, -0.25) is 0 Å². The van der Waals surface area contributed by atoms with Crippen molar-refractivity contribution >= 4 is 5.69 Å². The second kappa shape index (κ2) is 5.67. The summed E-state index contributed by atoms with van der Waals surface area (Å²) in [7, 11) is 2.18. The average Bonchev–Trinajstić information content (AvgIpc) is 2.96. The first-order chi connectivity index (χ1) is 9.78. The highest BCUT2D eigenvalue weighted by Crippen LogP contribution is 2.27. The fraction of sp³-hybridized carbons (Fsp3) is 0.438. The molecule has 0 bridgehead atoms. The lowest BCUT2D eigenvalue weighted by Crippen LogP contribution is -2.44. The van der Waals surface area contributed by atoms with Crippen molar-refractivity contribution in [2.24, 2.45) is 0 Å². The average molecular weight is 271 g/mol. The van der Waals surface area contributed by atoms with Crippen LogP contribution >= 0.6 is 0 Å². The molecule has 0 aliphatic carbocycles. The highest BCUT2D eigenvalue weighted by Gasteiger charge is 2.16. The smallest absolute Gasteiger partial charge is 0.181 e. The normalized spacial score (nSPS) is 16.6. The van der Waals surface area contributed by atoms with Gasteiger partial charge in [-0.1, -0.05) is 19.1 Å². The Hall–Kier alpha value is -1.81. The van der Waals surface area contributed by atoms with Crippen LogP contribution in [0.25, 0.3) is 11.3 Å². The molecule has 4 nitrogen and oxygen atoms in total. The SMILES string of the molecule is CCc1ocnc1-c1cccc(N2CCN(C)CC2)c1. The molecule has 106 valence electrons. The topological polar surface area (TPSA) is 32.5 Å². The number of benzene rings is 1. The molecule has 0 unspecified atom stereocenters. The Morgan fingerprint density at radius 2 is 2.00 bits per heavy atom. The third-order valence-electron chi connectivity index (χ3n) is 3.95. The lowest BCUT2D eigenvalue weighted by molar-refractivity contribution is 0.313. The molecule has 1 aromatic heterocycles. The van der Waals surface area contributed by atoms with Gasteiger partial charge in [0.2, 0.25) is 0 Å². The van der Waals surface area contributed by atoms with E-state index in [0.717, 1.165) is 49.6 Å². The number of likely N-dealkylation sites (N-methyl/N-ethyl adjacent to an activating group) is 1. The molecule has 0 amide bonds. The summed E-state index contributed by atoms with van der Waals surface area (Å²) in [5, 5.41) is 0. The summed E-state index contributed by atoms with van der Waals surface area (Å²) in [5.41, 5.74) is 3.40. The van der Waals surface area contributed by atoms with Crippen LogP contribution in [0.4, 0.5) is 5.69 Å². The molecular formula is C16H21N3O. The van der Waals surface area contributed by atoms with Gasteiger partial charge in [0, 0.05) is 43.9 Å². The van der Waals surface area contributed by atoms with Crippen LogP contribution in [0.2, 0.25) is 0 Å². The van der Waals surface area contributed by atoms with E-state index in [1.165, 1.54) is 12.1 Å². The van der Waals surface area contributed by atoms with Crippen molar-refractivity contribution in [3.63, 3.8) is 0 Å². The first-order valence-corrected chi connectivity index (χ1v) is 7.24. The van der Waals surface area contributed by atoms with E-state index in [4.69, 9.17) is 4.42 Å². The predicted octanol–water partition coefficient (Wildman–Crippen LogP) is 2.66. The molecule has 2 aromatic rings. The molecule has 0 saturated carbocycles. The predicted molar refractivity (Wildman–Crippen MR) is 81.0 cm³/mol. The molecule has 1 aromatic carbocycles. The minimum absolute atomic E-state index is 0.869. The van der Waals surface area contributed by atoms with Gasteiger partial charge in [0.1, 0.15) is 11.5 Å². The highest BCUT2D eigenvalue weighted by molar-refractivity contribution is 5.67. The van der Waals surface area contributed by atoms with Crippen molar-refractivity contribution in [2.75, 3.05) is 38.1 Å². The van der Waals surface area contributed by atoms with E-state index in [1.54, 1.807) is 0 Å². The van der Waals surface area contributed by atoms with E-state index < -0.39 is 0 Å². The van der Waals surface area contributed by atoms with Crippen LogP contribution in [0.5, 0.6) is 0 Å². The summed E-state index contributed by atoms with van der Waals surface area (Å²) in [5.74, 6) is 0.959. The fourth-order valence-corrected chi connectivity index (χ4v) is 2.67. The highest BCUT2D eigenvalue weighted by atomic mass is 16.3. The Kier molecular flexibility index (Phi) is 3.74. The van der Waals surface area contributed by atoms with E-state index in [-0.39, 0.29) is 0 Å². The number of nitrogens with zero attached hydrogens (tertiary/aromatic N) is 3. The van der Waals surface area contributed by atoms with E-state index in [9.17, 15) is 0 Å². The van der Waals surface area contributed by atoms with Gasteiger partial charge in [-0.05, 0) is 19.2 Å². The minimum atomic E-state index is 0.869. The number of rotatable bonds is 3. The van der Waals surface area contributed by atoms with Crippen LogP contribution in [-0.2, 0) is 6.42 Å². The Morgan fingerprint density at radius 3 is 2.75 bits per heavy atom. The molecule has 0 radical (unpaired) electrons. The standard InChI is InChI=1S/C16H21N3O/c1-3-15-16(17-12-20-15)13-5-4-6-14(11-13)19-9-7-18(2)8-10-19/h4-6,11-12H,3,7-10H2,1-2H3. The van der Waals surface area contributed by atoms with E-state index in [0.29, 0.717) is 0 Å². The van der Waals surface area contributed by atoms with Crippen molar-refractivity contribution in [2.45, 2.75) is 13.3 Å². The van der Waals surface area contributed by atoms with Gasteiger partial charge in [-0.15, -0.1) is 0 Å². The third kappa shape index (κ3) is 2.56. The van der Waals surface area contributed by atoms with Crippen LogP contribution in [0.3, 0.4) is 0 Å².